The van der Waals surface area contributed by atoms with Crippen LogP contribution in [0.4, 0.5) is 17.1 Å². The minimum atomic E-state index is -0.445. The molecule has 0 aliphatic carbocycles. The lowest BCUT2D eigenvalue weighted by atomic mass is 9.74. The summed E-state index contributed by atoms with van der Waals surface area (Å²) in [4.78, 5) is 18.1. The van der Waals surface area contributed by atoms with E-state index in [9.17, 15) is 0 Å². The summed E-state index contributed by atoms with van der Waals surface area (Å²) in [6, 6.07) is 72.7. The summed E-state index contributed by atoms with van der Waals surface area (Å²) in [5.74, 6) is 1.91. The molecule has 71 heavy (non-hydrogen) atoms. The second kappa shape index (κ2) is 16.5. The van der Waals surface area contributed by atoms with Crippen LogP contribution >= 0.6 is 0 Å². The van der Waals surface area contributed by atoms with Gasteiger partial charge in [-0.2, -0.15) is 0 Å². The molecule has 0 saturated heterocycles. The van der Waals surface area contributed by atoms with E-state index in [1.807, 2.05) is 24.3 Å². The Morgan fingerprint density at radius 1 is 0.408 bits per heavy atom. The smallest absolute Gasteiger partial charge is 0.164 e. The molecule has 11 aromatic rings. The van der Waals surface area contributed by atoms with Gasteiger partial charge in [-0.1, -0.05) is 189 Å². The lowest BCUT2D eigenvalue weighted by molar-refractivity contribution is 0.590. The summed E-state index contributed by atoms with van der Waals surface area (Å²) in [5.41, 5.74) is 16.7. The Morgan fingerprint density at radius 2 is 0.944 bits per heavy atom. The molecule has 346 valence electrons. The van der Waals surface area contributed by atoms with Crippen molar-refractivity contribution in [3.05, 3.63) is 222 Å². The molecule has 3 heterocycles. The summed E-state index contributed by atoms with van der Waals surface area (Å²) in [6.45, 7) is 18.5. The van der Waals surface area contributed by atoms with Gasteiger partial charge in [-0.3, -0.25) is 0 Å². The fraction of sp³-hybridized carbons (Fsp3) is 0.167. The lowest BCUT2D eigenvalue weighted by Gasteiger charge is -2.36. The van der Waals surface area contributed by atoms with Crippen LogP contribution in [0.5, 0.6) is 0 Å². The molecule has 5 heteroatoms. The average molecular weight is 920 g/mol. The first-order chi connectivity index (χ1) is 34.2. The van der Waals surface area contributed by atoms with Gasteiger partial charge in [0, 0.05) is 49.9 Å². The number of aromatic nitrogens is 4. The monoisotopic (exact) mass is 919 g/mol. The topological polar surface area (TPSA) is 46.8 Å². The van der Waals surface area contributed by atoms with E-state index in [1.54, 1.807) is 0 Å². The highest BCUT2D eigenvalue weighted by atomic mass is 15.1. The van der Waals surface area contributed by atoms with Crippen LogP contribution in [0.15, 0.2) is 200 Å². The third kappa shape index (κ3) is 7.59. The van der Waals surface area contributed by atoms with Crippen molar-refractivity contribution in [3.8, 4) is 51.0 Å². The Morgan fingerprint density at radius 3 is 1.56 bits per heavy atom. The second-order valence-electron chi connectivity index (χ2n) is 21.8. The first-order valence-corrected chi connectivity index (χ1v) is 24.8. The molecule has 1 aliphatic heterocycles. The van der Waals surface area contributed by atoms with Gasteiger partial charge in [0.15, 0.2) is 17.5 Å². The summed E-state index contributed by atoms with van der Waals surface area (Å²) in [6.07, 6.45) is 0. The van der Waals surface area contributed by atoms with Crippen LogP contribution in [0.2, 0.25) is 0 Å². The summed E-state index contributed by atoms with van der Waals surface area (Å²) < 4.78 is 2.52. The highest BCUT2D eigenvalue weighted by Crippen LogP contribution is 2.52. The van der Waals surface area contributed by atoms with E-state index in [2.05, 4.69) is 241 Å². The molecule has 9 aromatic carbocycles. The third-order valence-corrected chi connectivity index (χ3v) is 14.7. The van der Waals surface area contributed by atoms with Crippen LogP contribution in [0.3, 0.4) is 0 Å². The Balaban J connectivity index is 1.09. The van der Waals surface area contributed by atoms with Crippen LogP contribution in [-0.2, 0) is 16.2 Å². The molecule has 2 aromatic heterocycles. The number of rotatable bonds is 7. The van der Waals surface area contributed by atoms with Crippen molar-refractivity contribution >= 4 is 49.6 Å². The van der Waals surface area contributed by atoms with Crippen LogP contribution < -0.4 is 4.90 Å². The minimum absolute atomic E-state index is 0.0272. The first-order valence-electron chi connectivity index (χ1n) is 24.8. The molecule has 0 radical (unpaired) electrons. The van der Waals surface area contributed by atoms with E-state index < -0.39 is 5.41 Å². The predicted molar refractivity (Wildman–Crippen MR) is 298 cm³/mol. The highest BCUT2D eigenvalue weighted by Gasteiger charge is 2.37. The molecule has 0 fully saturated rings. The van der Waals surface area contributed by atoms with Crippen molar-refractivity contribution < 1.29 is 0 Å². The molecule has 0 bridgehead atoms. The lowest BCUT2D eigenvalue weighted by Crippen LogP contribution is -2.27. The predicted octanol–water partition coefficient (Wildman–Crippen LogP) is 17.5. The van der Waals surface area contributed by atoms with Crippen LogP contribution in [0.25, 0.3) is 83.6 Å². The quantitative estimate of drug-likeness (QED) is 0.160. The fourth-order valence-corrected chi connectivity index (χ4v) is 10.8. The van der Waals surface area contributed by atoms with Crippen LogP contribution in [0, 0.1) is 0 Å². The molecule has 0 spiro atoms. The molecule has 0 N–H and O–H groups in total. The molecule has 0 amide bonds. The molecule has 0 saturated carbocycles. The van der Waals surface area contributed by atoms with E-state index in [4.69, 9.17) is 15.0 Å². The molecule has 5 nitrogen and oxygen atoms in total. The standard InChI is InChI=1S/C66H57N5/c1-64(2,3)48-28-32-50(33-29-48)70(51-34-30-49(31-35-51)65(4,5)6)52-40-54-59-53-25-16-15-20-43(53)26-37-58(59)71-57-36-27-47(39-55(57)66(7,8)56(41-52)60(54)71)63-68-61(44-21-13-10-14-22-44)67-62(69-63)46-24-17-23-45(38-46)42-18-11-9-12-19-42/h9-41H,1-8H3. The number of fused-ring (bicyclic) bond motifs is 7. The Bertz CT molecular complexity index is 3780. The molecule has 12 rings (SSSR count). The highest BCUT2D eigenvalue weighted by molar-refractivity contribution is 6.23. The van der Waals surface area contributed by atoms with Gasteiger partial charge in [-0.05, 0) is 122 Å². The van der Waals surface area contributed by atoms with Crippen molar-refractivity contribution in [2.45, 2.75) is 71.6 Å². The van der Waals surface area contributed by atoms with Crippen molar-refractivity contribution in [2.24, 2.45) is 0 Å². The van der Waals surface area contributed by atoms with E-state index in [-0.39, 0.29) is 10.8 Å². The summed E-state index contributed by atoms with van der Waals surface area (Å²) >= 11 is 0. The van der Waals surface area contributed by atoms with E-state index in [0.29, 0.717) is 17.5 Å². The number of benzene rings is 9. The van der Waals surface area contributed by atoms with Crippen LogP contribution in [0.1, 0.15) is 77.6 Å². The maximum Gasteiger partial charge on any atom is 0.164 e. The van der Waals surface area contributed by atoms with E-state index in [0.717, 1.165) is 50.6 Å². The molecule has 0 unspecified atom stereocenters. The van der Waals surface area contributed by atoms with Gasteiger partial charge in [0.2, 0.25) is 0 Å². The maximum absolute atomic E-state index is 5.30. The Kier molecular flexibility index (Phi) is 10.2. The van der Waals surface area contributed by atoms with Gasteiger partial charge in [0.1, 0.15) is 0 Å². The molecular formula is C66H57N5. The zero-order valence-electron chi connectivity index (χ0n) is 41.8. The minimum Gasteiger partial charge on any atom is -0.310 e. The molecule has 1 aliphatic rings. The van der Waals surface area contributed by atoms with Gasteiger partial charge in [-0.25, -0.2) is 15.0 Å². The fourth-order valence-electron chi connectivity index (χ4n) is 10.8. The van der Waals surface area contributed by atoms with Gasteiger partial charge in [-0.15, -0.1) is 0 Å². The normalized spacial score (nSPS) is 13.2. The van der Waals surface area contributed by atoms with Crippen molar-refractivity contribution in [1.82, 2.24) is 19.5 Å². The zero-order chi connectivity index (χ0) is 48.8. The number of anilines is 3. The van der Waals surface area contributed by atoms with Gasteiger partial charge >= 0.3 is 0 Å². The second-order valence-corrected chi connectivity index (χ2v) is 21.8. The SMILES string of the molecule is CC(C)(C)c1ccc(N(c2ccc(C(C)(C)C)cc2)c2cc3c4c(c2)c2c5ccccc5ccc2n4-c2ccc(-c4nc(-c5ccccc5)nc(-c5cccc(-c6ccccc6)c5)n4)cc2C3(C)C)cc1. The largest absolute Gasteiger partial charge is 0.310 e. The number of hydrogen-bond donors (Lipinski definition) is 0. The average Bonchev–Trinajstić information content (AvgIpc) is 3.73. The van der Waals surface area contributed by atoms with Gasteiger partial charge in [0.05, 0.1) is 16.7 Å². The van der Waals surface area contributed by atoms with Crippen molar-refractivity contribution in [2.75, 3.05) is 4.90 Å². The van der Waals surface area contributed by atoms with Gasteiger partial charge in [0.25, 0.3) is 0 Å². The van der Waals surface area contributed by atoms with Crippen molar-refractivity contribution in [1.29, 1.82) is 0 Å². The maximum atomic E-state index is 5.30. The van der Waals surface area contributed by atoms with Gasteiger partial charge < -0.3 is 9.47 Å². The summed E-state index contributed by atoms with van der Waals surface area (Å²) in [7, 11) is 0. The van der Waals surface area contributed by atoms with Crippen LogP contribution in [-0.4, -0.2) is 19.5 Å². The summed E-state index contributed by atoms with van der Waals surface area (Å²) in [5, 5.41) is 4.96. The van der Waals surface area contributed by atoms with E-state index in [1.165, 1.54) is 54.8 Å². The van der Waals surface area contributed by atoms with E-state index >= 15 is 0 Å². The zero-order valence-corrected chi connectivity index (χ0v) is 41.8. The third-order valence-electron chi connectivity index (χ3n) is 14.7. The molecule has 0 atom stereocenters. The molecular weight excluding hydrogens is 863 g/mol. The first kappa shape index (κ1) is 44.1. The Labute approximate surface area is 417 Å². The number of nitrogens with zero attached hydrogens (tertiary/aromatic N) is 5. The Hall–Kier alpha value is -8.15. The van der Waals surface area contributed by atoms with Crippen molar-refractivity contribution in [3.63, 3.8) is 0 Å². The number of hydrogen-bond acceptors (Lipinski definition) is 4.